The van der Waals surface area contributed by atoms with Crippen molar-refractivity contribution in [3.05, 3.63) is 42.1 Å². The van der Waals surface area contributed by atoms with Gasteiger partial charge < -0.3 is 9.73 Å². The van der Waals surface area contributed by atoms with Crippen LogP contribution in [0.4, 0.5) is 0 Å². The zero-order valence-corrected chi connectivity index (χ0v) is 10.8. The quantitative estimate of drug-likeness (QED) is 0.810. The van der Waals surface area contributed by atoms with Crippen molar-refractivity contribution in [1.82, 2.24) is 15.5 Å². The summed E-state index contributed by atoms with van der Waals surface area (Å²) >= 11 is 1.71. The Hall–Kier alpha value is -1.33. The molecule has 18 heavy (non-hydrogen) atoms. The molecule has 0 bridgehead atoms. The maximum atomic E-state index is 5.58. The maximum Gasteiger partial charge on any atom is 0.230 e. The molecule has 2 aromatic rings. The lowest BCUT2D eigenvalue weighted by Crippen LogP contribution is -2.15. The molecule has 1 saturated carbocycles. The first-order valence-corrected chi connectivity index (χ1v) is 7.11. The number of nitrogens with zero attached hydrogens (tertiary/aromatic N) is 2. The number of hydrogen-bond donors (Lipinski definition) is 1. The second kappa shape index (κ2) is 5.54. The topological polar surface area (TPSA) is 51.0 Å². The molecule has 0 amide bonds. The van der Waals surface area contributed by atoms with Crippen molar-refractivity contribution in [2.45, 2.75) is 36.1 Å². The summed E-state index contributed by atoms with van der Waals surface area (Å²) in [5, 5.41) is 11.4. The van der Waals surface area contributed by atoms with Gasteiger partial charge in [-0.25, -0.2) is 0 Å². The molecule has 0 spiro atoms. The highest BCUT2D eigenvalue weighted by atomic mass is 32.2. The minimum atomic E-state index is 0.666. The molecule has 0 atom stereocenters. The molecule has 1 aliphatic rings. The van der Waals surface area contributed by atoms with Gasteiger partial charge in [-0.3, -0.25) is 0 Å². The Bertz CT molecular complexity index is 496. The van der Waals surface area contributed by atoms with E-state index in [0.29, 0.717) is 24.4 Å². The summed E-state index contributed by atoms with van der Waals surface area (Å²) in [6.07, 6.45) is 2.54. The number of nitrogens with one attached hydrogen (secondary N) is 1. The van der Waals surface area contributed by atoms with Crippen LogP contribution in [0.15, 0.2) is 39.6 Å². The molecule has 0 radical (unpaired) electrons. The van der Waals surface area contributed by atoms with Gasteiger partial charge in [-0.15, -0.1) is 22.0 Å². The van der Waals surface area contributed by atoms with Crippen LogP contribution in [0.1, 0.15) is 24.6 Å². The second-order valence-corrected chi connectivity index (χ2v) is 5.40. The van der Waals surface area contributed by atoms with E-state index in [-0.39, 0.29) is 0 Å². The molecule has 4 nitrogen and oxygen atoms in total. The highest BCUT2D eigenvalue weighted by Crippen LogP contribution is 2.22. The molecule has 0 aliphatic heterocycles. The van der Waals surface area contributed by atoms with Crippen molar-refractivity contribution in [2.24, 2.45) is 0 Å². The summed E-state index contributed by atoms with van der Waals surface area (Å²) in [7, 11) is 0. The van der Waals surface area contributed by atoms with E-state index in [1.165, 1.54) is 17.7 Å². The second-order valence-electron chi connectivity index (χ2n) is 4.35. The summed E-state index contributed by atoms with van der Waals surface area (Å²) < 4.78 is 5.58. The number of hydrogen-bond acceptors (Lipinski definition) is 5. The van der Waals surface area contributed by atoms with Crippen molar-refractivity contribution >= 4 is 11.8 Å². The fraction of sp³-hybridized carbons (Fsp3) is 0.385. The highest BCUT2D eigenvalue weighted by molar-refractivity contribution is 7.98. The first-order valence-electron chi connectivity index (χ1n) is 6.12. The third kappa shape index (κ3) is 3.34. The Morgan fingerprint density at radius 1 is 1.17 bits per heavy atom. The standard InChI is InChI=1S/C13H15N3OS/c1-2-4-11(5-3-1)18-9-13-16-15-12(17-13)8-14-10-6-7-10/h1-5,10,14H,6-9H2. The Morgan fingerprint density at radius 2 is 1.94 bits per heavy atom. The zero-order chi connectivity index (χ0) is 12.2. The van der Waals surface area contributed by atoms with Crippen LogP contribution in [-0.4, -0.2) is 16.2 Å². The van der Waals surface area contributed by atoms with Gasteiger partial charge in [-0.2, -0.15) is 0 Å². The van der Waals surface area contributed by atoms with Crippen molar-refractivity contribution in [3.63, 3.8) is 0 Å². The fourth-order valence-corrected chi connectivity index (χ4v) is 2.36. The Labute approximate surface area is 110 Å². The molecule has 5 heteroatoms. The van der Waals surface area contributed by atoms with Crippen LogP contribution >= 0.6 is 11.8 Å². The zero-order valence-electron chi connectivity index (χ0n) is 10.0. The van der Waals surface area contributed by atoms with Gasteiger partial charge >= 0.3 is 0 Å². The molecule has 1 aliphatic carbocycles. The van der Waals surface area contributed by atoms with Crippen LogP contribution in [0, 0.1) is 0 Å². The molecule has 1 fully saturated rings. The van der Waals surface area contributed by atoms with Crippen molar-refractivity contribution in [2.75, 3.05) is 0 Å². The maximum absolute atomic E-state index is 5.58. The van der Waals surface area contributed by atoms with Gasteiger partial charge in [0.25, 0.3) is 0 Å². The van der Waals surface area contributed by atoms with E-state index in [9.17, 15) is 0 Å². The van der Waals surface area contributed by atoms with Gasteiger partial charge in [-0.05, 0) is 25.0 Å². The Morgan fingerprint density at radius 3 is 2.72 bits per heavy atom. The Kier molecular flexibility index (Phi) is 3.61. The van der Waals surface area contributed by atoms with E-state index < -0.39 is 0 Å². The monoisotopic (exact) mass is 261 g/mol. The first-order chi connectivity index (χ1) is 8.90. The third-order valence-electron chi connectivity index (χ3n) is 2.73. The number of thioether (sulfide) groups is 1. The highest BCUT2D eigenvalue weighted by Gasteiger charge is 2.21. The lowest BCUT2D eigenvalue weighted by Gasteiger charge is -1.97. The average Bonchev–Trinajstić information content (AvgIpc) is 3.14. The average molecular weight is 261 g/mol. The van der Waals surface area contributed by atoms with Crippen LogP contribution in [0.25, 0.3) is 0 Å². The molecular weight excluding hydrogens is 246 g/mol. The van der Waals surface area contributed by atoms with Crippen molar-refractivity contribution in [1.29, 1.82) is 0 Å². The lowest BCUT2D eigenvalue weighted by atomic mass is 10.4. The van der Waals surface area contributed by atoms with Crippen LogP contribution in [0.3, 0.4) is 0 Å². The van der Waals surface area contributed by atoms with Gasteiger partial charge in [0.2, 0.25) is 11.8 Å². The number of aromatic nitrogens is 2. The van der Waals surface area contributed by atoms with Crippen LogP contribution in [0.2, 0.25) is 0 Å². The summed E-state index contributed by atoms with van der Waals surface area (Å²) in [6, 6.07) is 10.9. The van der Waals surface area contributed by atoms with E-state index >= 15 is 0 Å². The SMILES string of the molecule is c1ccc(SCc2nnc(CNC3CC3)o2)cc1. The summed E-state index contributed by atoms with van der Waals surface area (Å²) in [5.41, 5.74) is 0. The molecular formula is C13H15N3OS. The van der Waals surface area contributed by atoms with Crippen molar-refractivity contribution in [3.8, 4) is 0 Å². The van der Waals surface area contributed by atoms with E-state index in [2.05, 4.69) is 27.6 Å². The van der Waals surface area contributed by atoms with E-state index in [1.54, 1.807) is 11.8 Å². The van der Waals surface area contributed by atoms with Gasteiger partial charge in [-0.1, -0.05) is 18.2 Å². The number of benzene rings is 1. The predicted octanol–water partition coefficient (Wildman–Crippen LogP) is 2.61. The first kappa shape index (κ1) is 11.7. The normalized spacial score (nSPS) is 14.9. The number of rotatable bonds is 6. The van der Waals surface area contributed by atoms with Crippen molar-refractivity contribution < 1.29 is 4.42 Å². The molecule has 1 aromatic carbocycles. The molecule has 0 saturated heterocycles. The summed E-state index contributed by atoms with van der Waals surface area (Å²) in [6.45, 7) is 0.688. The molecule has 1 N–H and O–H groups in total. The van der Waals surface area contributed by atoms with E-state index in [0.717, 1.165) is 5.75 Å². The smallest absolute Gasteiger partial charge is 0.230 e. The van der Waals surface area contributed by atoms with E-state index in [1.807, 2.05) is 18.2 Å². The van der Waals surface area contributed by atoms with Crippen LogP contribution in [-0.2, 0) is 12.3 Å². The molecule has 1 heterocycles. The predicted molar refractivity (Wildman–Crippen MR) is 70.2 cm³/mol. The molecule has 0 unspecified atom stereocenters. The third-order valence-corrected chi connectivity index (χ3v) is 3.73. The van der Waals surface area contributed by atoms with Crippen LogP contribution in [0.5, 0.6) is 0 Å². The van der Waals surface area contributed by atoms with Crippen LogP contribution < -0.4 is 5.32 Å². The minimum absolute atomic E-state index is 0.666. The molecule has 1 aromatic heterocycles. The fourth-order valence-electron chi connectivity index (χ4n) is 1.60. The molecule has 94 valence electrons. The summed E-state index contributed by atoms with van der Waals surface area (Å²) in [5.74, 6) is 2.10. The minimum Gasteiger partial charge on any atom is -0.423 e. The van der Waals surface area contributed by atoms with Gasteiger partial charge in [0.1, 0.15) is 0 Å². The van der Waals surface area contributed by atoms with Gasteiger partial charge in [0.15, 0.2) is 0 Å². The van der Waals surface area contributed by atoms with Gasteiger partial charge in [0, 0.05) is 10.9 Å². The molecule has 3 rings (SSSR count). The summed E-state index contributed by atoms with van der Waals surface area (Å²) in [4.78, 5) is 1.22. The largest absolute Gasteiger partial charge is 0.423 e. The van der Waals surface area contributed by atoms with Gasteiger partial charge in [0.05, 0.1) is 12.3 Å². The lowest BCUT2D eigenvalue weighted by molar-refractivity contribution is 0.443. The van der Waals surface area contributed by atoms with E-state index in [4.69, 9.17) is 4.42 Å². The Balaban J connectivity index is 1.50.